The molecule has 144 valence electrons. The first-order valence-corrected chi connectivity index (χ1v) is 9.95. The maximum Gasteiger partial charge on any atom is 0.243 e. The first kappa shape index (κ1) is 18.4. The van der Waals surface area contributed by atoms with Crippen LogP contribution in [-0.2, 0) is 16.0 Å². The van der Waals surface area contributed by atoms with Crippen LogP contribution in [0, 0.1) is 6.92 Å². The second-order valence-corrected chi connectivity index (χ2v) is 7.46. The number of carbonyl (C=O) groups is 2. The Morgan fingerprint density at radius 3 is 2.57 bits per heavy atom. The number of hydrazone groups is 1. The number of amides is 2. The monoisotopic (exact) mass is 375 g/mol. The molecule has 0 fully saturated rings. The summed E-state index contributed by atoms with van der Waals surface area (Å²) in [5.74, 6) is -0.0648. The number of nitrogens with zero attached hydrogens (tertiary/aromatic N) is 3. The van der Waals surface area contributed by atoms with E-state index in [0.717, 1.165) is 42.8 Å². The Balaban J connectivity index is 1.37. The molecule has 4 rings (SSSR count). The fraction of sp³-hybridized carbons (Fsp3) is 0.348. The molecule has 0 aliphatic carbocycles. The summed E-state index contributed by atoms with van der Waals surface area (Å²) in [4.78, 5) is 27.2. The van der Waals surface area contributed by atoms with Gasteiger partial charge in [-0.3, -0.25) is 9.59 Å². The van der Waals surface area contributed by atoms with Crippen LogP contribution in [0.4, 0.5) is 5.69 Å². The molecular weight excluding hydrogens is 350 g/mol. The van der Waals surface area contributed by atoms with Gasteiger partial charge < -0.3 is 4.90 Å². The van der Waals surface area contributed by atoms with Gasteiger partial charge in [0, 0.05) is 31.5 Å². The van der Waals surface area contributed by atoms with E-state index in [-0.39, 0.29) is 24.7 Å². The predicted octanol–water partition coefficient (Wildman–Crippen LogP) is 3.69. The minimum atomic E-state index is -0.0829. The molecule has 2 heterocycles. The Morgan fingerprint density at radius 1 is 0.964 bits per heavy atom. The molecule has 0 atom stereocenters. The van der Waals surface area contributed by atoms with Crippen LogP contribution in [0.5, 0.6) is 0 Å². The molecule has 0 radical (unpaired) electrons. The summed E-state index contributed by atoms with van der Waals surface area (Å²) in [5.41, 5.74) is 5.42. The molecule has 2 aliphatic heterocycles. The highest BCUT2D eigenvalue weighted by Crippen LogP contribution is 2.28. The zero-order valence-electron chi connectivity index (χ0n) is 16.2. The van der Waals surface area contributed by atoms with Gasteiger partial charge in [0.15, 0.2) is 0 Å². The lowest BCUT2D eigenvalue weighted by molar-refractivity contribution is -0.132. The van der Waals surface area contributed by atoms with E-state index < -0.39 is 0 Å². The summed E-state index contributed by atoms with van der Waals surface area (Å²) in [6.07, 6.45) is 3.14. The van der Waals surface area contributed by atoms with Crippen LogP contribution in [0.25, 0.3) is 0 Å². The number of hydrogen-bond acceptors (Lipinski definition) is 3. The van der Waals surface area contributed by atoms with Gasteiger partial charge in [-0.1, -0.05) is 48.0 Å². The Morgan fingerprint density at radius 2 is 1.75 bits per heavy atom. The van der Waals surface area contributed by atoms with Gasteiger partial charge in [0.05, 0.1) is 12.3 Å². The number of anilines is 1. The molecule has 5 heteroatoms. The van der Waals surface area contributed by atoms with Gasteiger partial charge in [-0.05, 0) is 37.0 Å². The summed E-state index contributed by atoms with van der Waals surface area (Å²) in [5, 5.41) is 5.99. The topological polar surface area (TPSA) is 53.0 Å². The number of aryl methyl sites for hydroxylation is 2. The Hall–Kier alpha value is -2.95. The highest BCUT2D eigenvalue weighted by atomic mass is 16.2. The standard InChI is InChI=1S/C23H25N3O2/c1-17-9-10-21-19(16-17)8-5-14-25(21)22(27)11-12-23(28)26-15-13-20(24-26)18-6-3-2-4-7-18/h2-4,6-7,9-10,16H,5,8,11-15H2,1H3. The fourth-order valence-electron chi connectivity index (χ4n) is 3.93. The molecule has 2 aliphatic rings. The second-order valence-electron chi connectivity index (χ2n) is 7.46. The predicted molar refractivity (Wildman–Crippen MR) is 110 cm³/mol. The lowest BCUT2D eigenvalue weighted by Crippen LogP contribution is -2.36. The number of rotatable bonds is 4. The van der Waals surface area contributed by atoms with E-state index in [2.05, 4.69) is 18.1 Å². The Labute approximate surface area is 165 Å². The van der Waals surface area contributed by atoms with Crippen molar-refractivity contribution in [2.45, 2.75) is 39.0 Å². The van der Waals surface area contributed by atoms with Crippen LogP contribution in [0.3, 0.4) is 0 Å². The molecule has 2 aromatic carbocycles. The summed E-state index contributed by atoms with van der Waals surface area (Å²) < 4.78 is 0. The molecule has 2 amide bonds. The minimum Gasteiger partial charge on any atom is -0.312 e. The maximum atomic E-state index is 12.8. The van der Waals surface area contributed by atoms with Crippen molar-refractivity contribution in [3.8, 4) is 0 Å². The van der Waals surface area contributed by atoms with Crippen molar-refractivity contribution in [1.82, 2.24) is 5.01 Å². The molecule has 0 bridgehead atoms. The molecule has 0 N–H and O–H groups in total. The van der Waals surface area contributed by atoms with Crippen LogP contribution in [-0.4, -0.2) is 35.6 Å². The smallest absolute Gasteiger partial charge is 0.243 e. The largest absolute Gasteiger partial charge is 0.312 e. The molecule has 0 saturated carbocycles. The van der Waals surface area contributed by atoms with Crippen LogP contribution in [0.2, 0.25) is 0 Å². The van der Waals surface area contributed by atoms with Crippen molar-refractivity contribution in [2.24, 2.45) is 5.10 Å². The highest BCUT2D eigenvalue weighted by molar-refractivity contribution is 6.03. The van der Waals surface area contributed by atoms with Crippen LogP contribution in [0.1, 0.15) is 42.4 Å². The number of hydrogen-bond donors (Lipinski definition) is 0. The third kappa shape index (κ3) is 3.84. The first-order chi connectivity index (χ1) is 13.6. The minimum absolute atomic E-state index is 0.0182. The zero-order valence-corrected chi connectivity index (χ0v) is 16.2. The van der Waals surface area contributed by atoms with Crippen molar-refractivity contribution in [1.29, 1.82) is 0 Å². The Bertz CT molecular complexity index is 921. The quantitative estimate of drug-likeness (QED) is 0.818. The molecule has 0 spiro atoms. The van der Waals surface area contributed by atoms with Gasteiger partial charge in [0.2, 0.25) is 11.8 Å². The third-order valence-corrected chi connectivity index (χ3v) is 5.40. The molecule has 2 aromatic rings. The molecular formula is C23H25N3O2. The summed E-state index contributed by atoms with van der Waals surface area (Å²) >= 11 is 0. The molecule has 0 unspecified atom stereocenters. The van der Waals surface area contributed by atoms with Crippen molar-refractivity contribution < 1.29 is 9.59 Å². The summed E-state index contributed by atoms with van der Waals surface area (Å²) in [7, 11) is 0. The number of fused-ring (bicyclic) bond motifs is 1. The van der Waals surface area contributed by atoms with E-state index in [4.69, 9.17) is 0 Å². The van der Waals surface area contributed by atoms with E-state index in [1.54, 1.807) is 0 Å². The van der Waals surface area contributed by atoms with Gasteiger partial charge >= 0.3 is 0 Å². The van der Waals surface area contributed by atoms with Gasteiger partial charge in [0.1, 0.15) is 0 Å². The number of benzene rings is 2. The van der Waals surface area contributed by atoms with E-state index in [1.807, 2.05) is 47.4 Å². The van der Waals surface area contributed by atoms with Gasteiger partial charge in [-0.15, -0.1) is 0 Å². The lowest BCUT2D eigenvalue weighted by Gasteiger charge is -2.30. The van der Waals surface area contributed by atoms with Crippen molar-refractivity contribution >= 4 is 23.2 Å². The van der Waals surface area contributed by atoms with Crippen molar-refractivity contribution in [2.75, 3.05) is 18.0 Å². The zero-order chi connectivity index (χ0) is 19.5. The first-order valence-electron chi connectivity index (χ1n) is 9.95. The fourth-order valence-corrected chi connectivity index (χ4v) is 3.93. The summed E-state index contributed by atoms with van der Waals surface area (Å²) in [6.45, 7) is 3.38. The molecule has 0 aromatic heterocycles. The van der Waals surface area contributed by atoms with E-state index >= 15 is 0 Å². The van der Waals surface area contributed by atoms with Crippen molar-refractivity contribution in [3.63, 3.8) is 0 Å². The SMILES string of the molecule is Cc1ccc2c(c1)CCCN2C(=O)CCC(=O)N1CCC(c2ccccc2)=N1. The third-order valence-electron chi connectivity index (χ3n) is 5.40. The van der Waals surface area contributed by atoms with Crippen molar-refractivity contribution in [3.05, 3.63) is 65.2 Å². The molecule has 5 nitrogen and oxygen atoms in total. The van der Waals surface area contributed by atoms with Crippen LogP contribution >= 0.6 is 0 Å². The van der Waals surface area contributed by atoms with E-state index in [9.17, 15) is 9.59 Å². The highest BCUT2D eigenvalue weighted by Gasteiger charge is 2.25. The molecule has 28 heavy (non-hydrogen) atoms. The lowest BCUT2D eigenvalue weighted by atomic mass is 9.99. The van der Waals surface area contributed by atoms with Crippen LogP contribution in [0.15, 0.2) is 53.6 Å². The maximum absolute atomic E-state index is 12.8. The van der Waals surface area contributed by atoms with Gasteiger partial charge in [-0.2, -0.15) is 5.10 Å². The average molecular weight is 375 g/mol. The van der Waals surface area contributed by atoms with E-state index in [1.165, 1.54) is 16.1 Å². The summed E-state index contributed by atoms with van der Waals surface area (Å²) in [6, 6.07) is 16.1. The van der Waals surface area contributed by atoms with E-state index in [0.29, 0.717) is 6.54 Å². The average Bonchev–Trinajstić information content (AvgIpc) is 3.22. The van der Waals surface area contributed by atoms with Gasteiger partial charge in [-0.25, -0.2) is 5.01 Å². The Kier molecular flexibility index (Phi) is 5.24. The van der Waals surface area contributed by atoms with Crippen LogP contribution < -0.4 is 4.90 Å². The van der Waals surface area contributed by atoms with Gasteiger partial charge in [0.25, 0.3) is 0 Å². The second kappa shape index (κ2) is 7.97. The molecule has 0 saturated heterocycles. The normalized spacial score (nSPS) is 16.0. The number of carbonyl (C=O) groups excluding carboxylic acids is 2.